The predicted molar refractivity (Wildman–Crippen MR) is 83.3 cm³/mol. The Morgan fingerprint density at radius 2 is 2.05 bits per heavy atom. The number of benzene rings is 1. The van der Waals surface area contributed by atoms with E-state index in [2.05, 4.69) is 5.32 Å². The van der Waals surface area contributed by atoms with Gasteiger partial charge in [0.25, 0.3) is 0 Å². The molecule has 0 saturated carbocycles. The fourth-order valence-corrected chi connectivity index (χ4v) is 1.76. The van der Waals surface area contributed by atoms with Gasteiger partial charge in [0.05, 0.1) is 12.2 Å². The van der Waals surface area contributed by atoms with Crippen molar-refractivity contribution in [1.82, 2.24) is 5.32 Å². The van der Waals surface area contributed by atoms with Gasteiger partial charge in [-0.2, -0.15) is 0 Å². The van der Waals surface area contributed by atoms with Gasteiger partial charge in [0.1, 0.15) is 18.5 Å². The highest BCUT2D eigenvalue weighted by molar-refractivity contribution is 5.89. The lowest BCUT2D eigenvalue weighted by atomic mass is 10.2. The molecule has 1 unspecified atom stereocenters. The molecule has 0 bridgehead atoms. The maximum Gasteiger partial charge on any atom is 0.338 e. The molecule has 124 valence electrons. The second-order valence-corrected chi connectivity index (χ2v) is 4.76. The second-order valence-electron chi connectivity index (χ2n) is 4.76. The molecule has 0 spiro atoms. The summed E-state index contributed by atoms with van der Waals surface area (Å²) in [5.74, 6) is 0.251. The quantitative estimate of drug-likeness (QED) is 0.473. The van der Waals surface area contributed by atoms with Gasteiger partial charge in [-0.1, -0.05) is 0 Å². The lowest BCUT2D eigenvalue weighted by Gasteiger charge is -2.13. The minimum absolute atomic E-state index is 0.191. The van der Waals surface area contributed by atoms with Crippen molar-refractivity contribution in [1.29, 1.82) is 0 Å². The summed E-state index contributed by atoms with van der Waals surface area (Å²) in [6.07, 6.45) is 0.312. The fourth-order valence-electron chi connectivity index (χ4n) is 1.76. The Morgan fingerprint density at radius 1 is 1.32 bits per heavy atom. The van der Waals surface area contributed by atoms with Gasteiger partial charge in [-0.25, -0.2) is 4.79 Å². The lowest BCUT2D eigenvalue weighted by Crippen LogP contribution is -2.32. The summed E-state index contributed by atoms with van der Waals surface area (Å²) in [7, 11) is 1.66. The molecule has 0 fully saturated rings. The van der Waals surface area contributed by atoms with Crippen molar-refractivity contribution in [2.24, 2.45) is 0 Å². The molecule has 0 heterocycles. The molecule has 0 aliphatic heterocycles. The van der Waals surface area contributed by atoms with Crippen molar-refractivity contribution in [3.05, 3.63) is 29.8 Å². The summed E-state index contributed by atoms with van der Waals surface area (Å²) in [6.45, 7) is 4.26. The van der Waals surface area contributed by atoms with Crippen LogP contribution in [-0.2, 0) is 9.47 Å². The zero-order valence-corrected chi connectivity index (χ0v) is 13.2. The van der Waals surface area contributed by atoms with Crippen LogP contribution in [0, 0.1) is 0 Å². The monoisotopic (exact) mass is 311 g/mol. The normalized spacial score (nSPS) is 12.0. The largest absolute Gasteiger partial charge is 0.491 e. The Morgan fingerprint density at radius 3 is 2.68 bits per heavy atom. The van der Waals surface area contributed by atoms with Gasteiger partial charge in [-0.05, 0) is 44.2 Å². The van der Waals surface area contributed by atoms with Crippen LogP contribution >= 0.6 is 0 Å². The molecule has 2 N–H and O–H groups in total. The van der Waals surface area contributed by atoms with Gasteiger partial charge in [0.2, 0.25) is 0 Å². The van der Waals surface area contributed by atoms with Crippen molar-refractivity contribution in [2.45, 2.75) is 19.4 Å². The summed E-state index contributed by atoms with van der Waals surface area (Å²) in [5.41, 5.74) is 0.481. The fraction of sp³-hybridized carbons (Fsp3) is 0.562. The molecule has 1 aromatic carbocycles. The zero-order chi connectivity index (χ0) is 16.2. The molecule has 1 aromatic rings. The number of esters is 1. The molecule has 1 rings (SSSR count). The molecule has 6 heteroatoms. The number of aliphatic hydroxyl groups is 1. The van der Waals surface area contributed by atoms with Crippen molar-refractivity contribution in [2.75, 3.05) is 40.0 Å². The Hall–Kier alpha value is -1.63. The minimum Gasteiger partial charge on any atom is -0.491 e. The third-order valence-corrected chi connectivity index (χ3v) is 2.89. The first-order valence-electron chi connectivity index (χ1n) is 7.45. The topological polar surface area (TPSA) is 77.0 Å². The van der Waals surface area contributed by atoms with Gasteiger partial charge < -0.3 is 24.6 Å². The third-order valence-electron chi connectivity index (χ3n) is 2.89. The van der Waals surface area contributed by atoms with Crippen LogP contribution in [0.5, 0.6) is 5.75 Å². The van der Waals surface area contributed by atoms with Crippen LogP contribution in [0.3, 0.4) is 0 Å². The number of nitrogens with one attached hydrogen (secondary N) is 1. The number of carbonyl (C=O) groups is 1. The first-order chi connectivity index (χ1) is 10.7. The van der Waals surface area contributed by atoms with E-state index in [1.165, 1.54) is 0 Å². The van der Waals surface area contributed by atoms with Crippen LogP contribution in [0.1, 0.15) is 23.7 Å². The first-order valence-corrected chi connectivity index (χ1v) is 7.45. The molecular weight excluding hydrogens is 286 g/mol. The number of methoxy groups -OCH3 is 1. The summed E-state index contributed by atoms with van der Waals surface area (Å²) in [6, 6.07) is 6.65. The maximum atomic E-state index is 11.5. The first kappa shape index (κ1) is 18.4. The molecule has 0 radical (unpaired) electrons. The zero-order valence-electron chi connectivity index (χ0n) is 13.2. The van der Waals surface area contributed by atoms with Crippen LogP contribution in [-0.4, -0.2) is 57.2 Å². The number of rotatable bonds is 11. The van der Waals surface area contributed by atoms with E-state index in [-0.39, 0.29) is 12.6 Å². The van der Waals surface area contributed by atoms with Gasteiger partial charge in [0, 0.05) is 20.3 Å². The Kier molecular flexibility index (Phi) is 9.21. The second kappa shape index (κ2) is 11.0. The maximum absolute atomic E-state index is 11.5. The van der Waals surface area contributed by atoms with E-state index in [1.807, 2.05) is 0 Å². The highest BCUT2D eigenvalue weighted by atomic mass is 16.5. The third kappa shape index (κ3) is 7.40. The van der Waals surface area contributed by atoms with Gasteiger partial charge in [-0.3, -0.25) is 0 Å². The summed E-state index contributed by atoms with van der Waals surface area (Å²) >= 11 is 0. The lowest BCUT2D eigenvalue weighted by molar-refractivity contribution is 0.0526. The average Bonchev–Trinajstić information content (AvgIpc) is 2.53. The van der Waals surface area contributed by atoms with Crippen molar-refractivity contribution in [3.63, 3.8) is 0 Å². The van der Waals surface area contributed by atoms with Crippen molar-refractivity contribution >= 4 is 5.97 Å². The van der Waals surface area contributed by atoms with E-state index < -0.39 is 6.10 Å². The summed E-state index contributed by atoms with van der Waals surface area (Å²) < 4.78 is 15.3. The van der Waals surface area contributed by atoms with Crippen LogP contribution in [0.2, 0.25) is 0 Å². The number of carbonyl (C=O) groups excluding carboxylic acids is 1. The molecule has 0 aliphatic carbocycles. The summed E-state index contributed by atoms with van der Waals surface area (Å²) in [5, 5.41) is 12.9. The number of ether oxygens (including phenoxy) is 3. The van der Waals surface area contributed by atoms with Crippen LogP contribution in [0.4, 0.5) is 0 Å². The van der Waals surface area contributed by atoms with E-state index in [4.69, 9.17) is 14.2 Å². The molecule has 0 aliphatic rings. The van der Waals surface area contributed by atoms with Crippen molar-refractivity contribution in [3.8, 4) is 5.75 Å². The van der Waals surface area contributed by atoms with E-state index in [1.54, 1.807) is 38.3 Å². The van der Waals surface area contributed by atoms with E-state index >= 15 is 0 Å². The molecule has 0 saturated heterocycles. The van der Waals surface area contributed by atoms with Crippen LogP contribution < -0.4 is 10.1 Å². The smallest absolute Gasteiger partial charge is 0.338 e. The van der Waals surface area contributed by atoms with Gasteiger partial charge >= 0.3 is 5.97 Å². The molecule has 6 nitrogen and oxygen atoms in total. The summed E-state index contributed by atoms with van der Waals surface area (Å²) in [4.78, 5) is 11.5. The number of aliphatic hydroxyl groups excluding tert-OH is 1. The predicted octanol–water partition coefficient (Wildman–Crippen LogP) is 1.23. The Balaban J connectivity index is 2.25. The van der Waals surface area contributed by atoms with Gasteiger partial charge in [0.15, 0.2) is 0 Å². The molecule has 0 amide bonds. The van der Waals surface area contributed by atoms with E-state index in [0.717, 1.165) is 13.0 Å². The number of hydrogen-bond donors (Lipinski definition) is 2. The van der Waals surface area contributed by atoms with Crippen LogP contribution in [0.15, 0.2) is 24.3 Å². The minimum atomic E-state index is -0.590. The average molecular weight is 311 g/mol. The van der Waals surface area contributed by atoms with E-state index in [9.17, 15) is 9.90 Å². The Labute approximate surface area is 131 Å². The van der Waals surface area contributed by atoms with Crippen molar-refractivity contribution < 1.29 is 24.1 Å². The molecule has 1 atom stereocenters. The number of hydrogen-bond acceptors (Lipinski definition) is 6. The molecule has 0 aromatic heterocycles. The standard InChI is InChI=1S/C16H25NO5/c1-3-21-16(19)13-5-7-15(8-6-13)22-12-14(18)11-17-9-4-10-20-2/h5-8,14,17-18H,3-4,9-12H2,1-2H3. The highest BCUT2D eigenvalue weighted by Crippen LogP contribution is 2.13. The van der Waals surface area contributed by atoms with Crippen LogP contribution in [0.25, 0.3) is 0 Å². The highest BCUT2D eigenvalue weighted by Gasteiger charge is 2.07. The molecular formula is C16H25NO5. The SMILES string of the molecule is CCOC(=O)c1ccc(OCC(O)CNCCCOC)cc1. The Bertz CT molecular complexity index is 421. The van der Waals surface area contributed by atoms with Gasteiger partial charge in [-0.15, -0.1) is 0 Å². The molecule has 22 heavy (non-hydrogen) atoms. The van der Waals surface area contributed by atoms with E-state index in [0.29, 0.717) is 31.1 Å².